The standard InChI is InChI=1S/C22H18N2/c1-14(2)15-11-12-20-18(13-15)16-7-3-4-8-17(16)22-23-19-9-5-6-10-21(19)24(20)22/h3-14H,1-2H3. The summed E-state index contributed by atoms with van der Waals surface area (Å²) in [5.74, 6) is 0.517. The highest BCUT2D eigenvalue weighted by Gasteiger charge is 2.13. The van der Waals surface area contributed by atoms with Gasteiger partial charge in [0.25, 0.3) is 0 Å². The van der Waals surface area contributed by atoms with Crippen LogP contribution in [0.2, 0.25) is 0 Å². The second-order valence-corrected chi connectivity index (χ2v) is 6.74. The van der Waals surface area contributed by atoms with Crippen molar-refractivity contribution in [2.45, 2.75) is 19.8 Å². The SMILES string of the molecule is CC(C)c1ccc2c(c1)c1ccccc1c1nc3ccccc3n21. The van der Waals surface area contributed by atoms with Gasteiger partial charge in [0.2, 0.25) is 0 Å². The number of aromatic nitrogens is 2. The molecule has 0 saturated carbocycles. The van der Waals surface area contributed by atoms with Crippen molar-refractivity contribution in [3.8, 4) is 0 Å². The zero-order chi connectivity index (χ0) is 16.3. The van der Waals surface area contributed by atoms with Crippen molar-refractivity contribution < 1.29 is 0 Å². The predicted molar refractivity (Wildman–Crippen MR) is 102 cm³/mol. The Hall–Kier alpha value is -2.87. The summed E-state index contributed by atoms with van der Waals surface area (Å²) in [5, 5.41) is 3.78. The second-order valence-electron chi connectivity index (χ2n) is 6.74. The summed E-state index contributed by atoms with van der Waals surface area (Å²) in [6.45, 7) is 4.49. The van der Waals surface area contributed by atoms with Crippen molar-refractivity contribution in [3.05, 3.63) is 72.3 Å². The molecule has 24 heavy (non-hydrogen) atoms. The van der Waals surface area contributed by atoms with Crippen LogP contribution in [0.3, 0.4) is 0 Å². The maximum atomic E-state index is 4.91. The van der Waals surface area contributed by atoms with Crippen LogP contribution in [0.15, 0.2) is 66.7 Å². The van der Waals surface area contributed by atoms with E-state index in [4.69, 9.17) is 4.98 Å². The highest BCUT2D eigenvalue weighted by molar-refractivity contribution is 6.13. The minimum Gasteiger partial charge on any atom is -0.292 e. The van der Waals surface area contributed by atoms with Gasteiger partial charge in [-0.1, -0.05) is 56.3 Å². The third-order valence-corrected chi connectivity index (χ3v) is 4.95. The Kier molecular flexibility index (Phi) is 2.72. The molecule has 0 amide bonds. The molecule has 0 spiro atoms. The van der Waals surface area contributed by atoms with E-state index in [9.17, 15) is 0 Å². The number of nitrogens with zero attached hydrogens (tertiary/aromatic N) is 2. The summed E-state index contributed by atoms with van der Waals surface area (Å²) in [5.41, 5.74) is 5.85. The van der Waals surface area contributed by atoms with Gasteiger partial charge in [-0.05, 0) is 41.1 Å². The van der Waals surface area contributed by atoms with E-state index in [-0.39, 0.29) is 0 Å². The monoisotopic (exact) mass is 310 g/mol. The lowest BCUT2D eigenvalue weighted by Gasteiger charge is -2.12. The molecule has 0 fully saturated rings. The number of fused-ring (bicyclic) bond motifs is 8. The lowest BCUT2D eigenvalue weighted by Crippen LogP contribution is -1.94. The first-order valence-corrected chi connectivity index (χ1v) is 8.45. The topological polar surface area (TPSA) is 17.3 Å². The van der Waals surface area contributed by atoms with Crippen molar-refractivity contribution in [2.24, 2.45) is 0 Å². The van der Waals surface area contributed by atoms with Crippen LogP contribution in [0.5, 0.6) is 0 Å². The summed E-state index contributed by atoms with van der Waals surface area (Å²) in [7, 11) is 0. The van der Waals surface area contributed by atoms with Crippen molar-refractivity contribution in [1.29, 1.82) is 0 Å². The third-order valence-electron chi connectivity index (χ3n) is 4.95. The van der Waals surface area contributed by atoms with E-state index in [0.29, 0.717) is 5.92 Å². The summed E-state index contributed by atoms with van der Waals surface area (Å²) in [4.78, 5) is 4.91. The van der Waals surface area contributed by atoms with E-state index in [1.165, 1.54) is 32.8 Å². The molecule has 0 N–H and O–H groups in total. The quantitative estimate of drug-likeness (QED) is 0.351. The van der Waals surface area contributed by atoms with Gasteiger partial charge in [0, 0.05) is 10.8 Å². The number of hydrogen-bond donors (Lipinski definition) is 0. The van der Waals surface area contributed by atoms with E-state index in [1.54, 1.807) is 0 Å². The molecule has 2 heterocycles. The Balaban J connectivity index is 2.12. The molecular weight excluding hydrogens is 292 g/mol. The average molecular weight is 310 g/mol. The van der Waals surface area contributed by atoms with Crippen molar-refractivity contribution >= 4 is 38.4 Å². The largest absolute Gasteiger partial charge is 0.292 e. The van der Waals surface area contributed by atoms with E-state index in [1.807, 2.05) is 0 Å². The summed E-state index contributed by atoms with van der Waals surface area (Å²) >= 11 is 0. The van der Waals surface area contributed by atoms with Crippen LogP contribution in [-0.2, 0) is 0 Å². The smallest absolute Gasteiger partial charge is 0.146 e. The molecule has 0 aliphatic heterocycles. The van der Waals surface area contributed by atoms with Crippen molar-refractivity contribution in [1.82, 2.24) is 9.38 Å². The van der Waals surface area contributed by atoms with Gasteiger partial charge >= 0.3 is 0 Å². The Morgan fingerprint density at radius 2 is 1.50 bits per heavy atom. The fraction of sp³-hybridized carbons (Fsp3) is 0.136. The fourth-order valence-corrected chi connectivity index (χ4v) is 3.69. The molecule has 2 heteroatoms. The van der Waals surface area contributed by atoms with Gasteiger partial charge in [0.1, 0.15) is 5.65 Å². The predicted octanol–water partition coefficient (Wildman–Crippen LogP) is 5.92. The maximum Gasteiger partial charge on any atom is 0.146 e. The van der Waals surface area contributed by atoms with Crippen molar-refractivity contribution in [3.63, 3.8) is 0 Å². The molecule has 0 saturated heterocycles. The Bertz CT molecular complexity index is 1230. The minimum atomic E-state index is 0.517. The number of rotatable bonds is 1. The van der Waals surface area contributed by atoms with Gasteiger partial charge in [0.15, 0.2) is 0 Å². The molecule has 5 rings (SSSR count). The summed E-state index contributed by atoms with van der Waals surface area (Å²) < 4.78 is 2.30. The highest BCUT2D eigenvalue weighted by Crippen LogP contribution is 2.33. The molecule has 0 aliphatic rings. The Labute approximate surface area is 140 Å². The number of benzene rings is 3. The molecule has 2 nitrogen and oxygen atoms in total. The van der Waals surface area contributed by atoms with Crippen LogP contribution in [-0.4, -0.2) is 9.38 Å². The lowest BCUT2D eigenvalue weighted by atomic mass is 9.98. The third kappa shape index (κ3) is 1.74. The molecule has 116 valence electrons. The van der Waals surface area contributed by atoms with E-state index in [2.05, 4.69) is 85.0 Å². The Morgan fingerprint density at radius 1 is 0.750 bits per heavy atom. The van der Waals surface area contributed by atoms with Crippen LogP contribution in [0.1, 0.15) is 25.3 Å². The number of pyridine rings is 1. The molecule has 0 atom stereocenters. The number of imidazole rings is 1. The maximum absolute atomic E-state index is 4.91. The molecule has 0 radical (unpaired) electrons. The first-order chi connectivity index (χ1) is 11.7. The minimum absolute atomic E-state index is 0.517. The first-order valence-electron chi connectivity index (χ1n) is 8.45. The van der Waals surface area contributed by atoms with Crippen LogP contribution < -0.4 is 0 Å². The molecule has 2 aromatic heterocycles. The van der Waals surface area contributed by atoms with Gasteiger partial charge in [-0.3, -0.25) is 4.40 Å². The van der Waals surface area contributed by atoms with Crippen LogP contribution in [0.25, 0.3) is 38.4 Å². The van der Waals surface area contributed by atoms with Crippen LogP contribution >= 0.6 is 0 Å². The van der Waals surface area contributed by atoms with Crippen LogP contribution in [0, 0.1) is 0 Å². The molecule has 3 aromatic carbocycles. The van der Waals surface area contributed by atoms with Crippen molar-refractivity contribution in [2.75, 3.05) is 0 Å². The van der Waals surface area contributed by atoms with Crippen LogP contribution in [0.4, 0.5) is 0 Å². The zero-order valence-corrected chi connectivity index (χ0v) is 13.8. The van der Waals surface area contributed by atoms with Gasteiger partial charge in [-0.2, -0.15) is 0 Å². The van der Waals surface area contributed by atoms with Gasteiger partial charge in [-0.15, -0.1) is 0 Å². The van der Waals surface area contributed by atoms with E-state index >= 15 is 0 Å². The molecular formula is C22H18N2. The molecule has 0 aliphatic carbocycles. The first kappa shape index (κ1) is 13.6. The van der Waals surface area contributed by atoms with E-state index < -0.39 is 0 Å². The summed E-state index contributed by atoms with van der Waals surface area (Å²) in [6.07, 6.45) is 0. The van der Waals surface area contributed by atoms with Gasteiger partial charge < -0.3 is 0 Å². The number of hydrogen-bond acceptors (Lipinski definition) is 1. The normalized spacial score (nSPS) is 12.1. The zero-order valence-electron chi connectivity index (χ0n) is 13.8. The fourth-order valence-electron chi connectivity index (χ4n) is 3.69. The second kappa shape index (κ2) is 4.81. The van der Waals surface area contributed by atoms with Gasteiger partial charge in [-0.25, -0.2) is 4.98 Å². The highest BCUT2D eigenvalue weighted by atomic mass is 15.0. The molecule has 0 unspecified atom stereocenters. The average Bonchev–Trinajstić information content (AvgIpc) is 3.01. The Morgan fingerprint density at radius 3 is 2.33 bits per heavy atom. The van der Waals surface area contributed by atoms with E-state index in [0.717, 1.165) is 11.2 Å². The lowest BCUT2D eigenvalue weighted by molar-refractivity contribution is 0.868. The molecule has 0 bridgehead atoms. The summed E-state index contributed by atoms with van der Waals surface area (Å²) in [6, 6.07) is 23.8. The number of para-hydroxylation sites is 2. The van der Waals surface area contributed by atoms with Gasteiger partial charge in [0.05, 0.1) is 16.6 Å². The molecule has 5 aromatic rings.